The maximum absolute atomic E-state index is 6.43. The predicted molar refractivity (Wildman–Crippen MR) is 86.2 cm³/mol. The monoisotopic (exact) mass is 282 g/mol. The molecule has 0 spiro atoms. The van der Waals surface area contributed by atoms with Gasteiger partial charge in [0.05, 0.1) is 10.7 Å². The van der Waals surface area contributed by atoms with Gasteiger partial charge >= 0.3 is 0 Å². The molecule has 0 aliphatic heterocycles. The van der Waals surface area contributed by atoms with Gasteiger partial charge in [-0.2, -0.15) is 0 Å². The number of nitrogens with zero attached hydrogens (tertiary/aromatic N) is 1. The third-order valence-electron chi connectivity index (χ3n) is 3.86. The van der Waals surface area contributed by atoms with E-state index < -0.39 is 0 Å². The number of halogens is 1. The highest BCUT2D eigenvalue weighted by Crippen LogP contribution is 2.31. The van der Waals surface area contributed by atoms with Crippen LogP contribution in [0.1, 0.15) is 46.6 Å². The molecule has 0 aliphatic rings. The molecule has 0 amide bonds. The first-order chi connectivity index (χ1) is 8.77. The second-order valence-corrected chi connectivity index (χ2v) is 6.45. The summed E-state index contributed by atoms with van der Waals surface area (Å²) in [5.41, 5.74) is 2.44. The van der Waals surface area contributed by atoms with E-state index in [4.69, 9.17) is 11.6 Å². The number of nitrogens with one attached hydrogen (secondary N) is 1. The average molecular weight is 283 g/mol. The number of benzene rings is 1. The molecular formula is C16H27ClN2. The first-order valence-electron chi connectivity index (χ1n) is 7.03. The van der Waals surface area contributed by atoms with Gasteiger partial charge in [0.25, 0.3) is 0 Å². The highest BCUT2D eigenvalue weighted by Gasteiger charge is 2.23. The fourth-order valence-corrected chi connectivity index (χ4v) is 2.15. The molecule has 0 radical (unpaired) electrons. The van der Waals surface area contributed by atoms with Crippen molar-refractivity contribution in [1.82, 2.24) is 5.32 Å². The van der Waals surface area contributed by atoms with Crippen LogP contribution in [0, 0.1) is 0 Å². The summed E-state index contributed by atoms with van der Waals surface area (Å²) >= 11 is 6.43. The van der Waals surface area contributed by atoms with Crippen molar-refractivity contribution in [2.75, 3.05) is 11.9 Å². The molecule has 19 heavy (non-hydrogen) atoms. The zero-order valence-electron chi connectivity index (χ0n) is 13.0. The lowest BCUT2D eigenvalue weighted by molar-refractivity contribution is 0.471. The van der Waals surface area contributed by atoms with Crippen LogP contribution in [0.4, 0.5) is 5.69 Å². The fraction of sp³-hybridized carbons (Fsp3) is 0.625. The molecule has 1 rings (SSSR count). The van der Waals surface area contributed by atoms with Crippen molar-refractivity contribution in [3.63, 3.8) is 0 Å². The van der Waals surface area contributed by atoms with E-state index in [1.807, 2.05) is 0 Å². The molecule has 0 aliphatic carbocycles. The van der Waals surface area contributed by atoms with Gasteiger partial charge < -0.3 is 10.2 Å². The molecule has 0 atom stereocenters. The van der Waals surface area contributed by atoms with Crippen LogP contribution in [0.15, 0.2) is 18.2 Å². The Morgan fingerprint density at radius 1 is 1.32 bits per heavy atom. The average Bonchev–Trinajstić information content (AvgIpc) is 2.35. The zero-order valence-corrected chi connectivity index (χ0v) is 13.8. The van der Waals surface area contributed by atoms with E-state index in [0.29, 0.717) is 6.04 Å². The van der Waals surface area contributed by atoms with Crippen LogP contribution in [-0.2, 0) is 6.54 Å². The first kappa shape index (κ1) is 16.3. The van der Waals surface area contributed by atoms with E-state index in [-0.39, 0.29) is 5.54 Å². The summed E-state index contributed by atoms with van der Waals surface area (Å²) < 4.78 is 0. The van der Waals surface area contributed by atoms with E-state index >= 15 is 0 Å². The molecule has 1 aromatic rings. The third-order valence-corrected chi connectivity index (χ3v) is 4.16. The van der Waals surface area contributed by atoms with Crippen molar-refractivity contribution in [3.8, 4) is 0 Å². The molecule has 2 nitrogen and oxygen atoms in total. The summed E-state index contributed by atoms with van der Waals surface area (Å²) in [5.74, 6) is 0. The topological polar surface area (TPSA) is 15.3 Å². The maximum Gasteiger partial charge on any atom is 0.0642 e. The SMILES string of the molecule is CCC(C)(C)N(C)c1ccc(CNC(C)C)cc1Cl. The van der Waals surface area contributed by atoms with Crippen LogP contribution < -0.4 is 10.2 Å². The maximum atomic E-state index is 6.43. The Labute approximate surface area is 123 Å². The second-order valence-electron chi connectivity index (χ2n) is 6.05. The van der Waals surface area contributed by atoms with Crippen LogP contribution in [0.2, 0.25) is 5.02 Å². The second kappa shape index (κ2) is 6.62. The lowest BCUT2D eigenvalue weighted by Crippen LogP contribution is -2.40. The molecule has 0 fully saturated rings. The molecule has 0 aromatic heterocycles. The van der Waals surface area contributed by atoms with Crippen molar-refractivity contribution in [3.05, 3.63) is 28.8 Å². The standard InChI is InChI=1S/C16H27ClN2/c1-7-16(4,5)19(6)15-9-8-13(10-14(15)17)11-18-12(2)3/h8-10,12,18H,7,11H2,1-6H3. The van der Waals surface area contributed by atoms with Crippen molar-refractivity contribution in [2.24, 2.45) is 0 Å². The lowest BCUT2D eigenvalue weighted by Gasteiger charge is -2.37. The minimum absolute atomic E-state index is 0.112. The van der Waals surface area contributed by atoms with Gasteiger partial charge in [-0.05, 0) is 38.0 Å². The number of hydrogen-bond donors (Lipinski definition) is 1. The smallest absolute Gasteiger partial charge is 0.0642 e. The quantitative estimate of drug-likeness (QED) is 0.828. The number of anilines is 1. The van der Waals surface area contributed by atoms with Crippen LogP contribution in [0.3, 0.4) is 0 Å². The van der Waals surface area contributed by atoms with Gasteiger partial charge in [-0.1, -0.05) is 38.4 Å². The van der Waals surface area contributed by atoms with Gasteiger partial charge in [-0.25, -0.2) is 0 Å². The van der Waals surface area contributed by atoms with Crippen molar-refractivity contribution >= 4 is 17.3 Å². The number of hydrogen-bond acceptors (Lipinski definition) is 2. The molecule has 0 bridgehead atoms. The fourth-order valence-electron chi connectivity index (χ4n) is 1.82. The molecule has 1 aromatic carbocycles. The molecule has 108 valence electrons. The highest BCUT2D eigenvalue weighted by molar-refractivity contribution is 6.33. The van der Waals surface area contributed by atoms with E-state index in [9.17, 15) is 0 Å². The molecule has 1 N–H and O–H groups in total. The van der Waals surface area contributed by atoms with Crippen LogP contribution in [-0.4, -0.2) is 18.6 Å². The first-order valence-corrected chi connectivity index (χ1v) is 7.41. The van der Waals surface area contributed by atoms with Gasteiger partial charge in [-0.3, -0.25) is 0 Å². The summed E-state index contributed by atoms with van der Waals surface area (Å²) in [6.07, 6.45) is 1.08. The van der Waals surface area contributed by atoms with Crippen molar-refractivity contribution < 1.29 is 0 Å². The molecule has 0 heterocycles. The molecule has 0 saturated carbocycles. The largest absolute Gasteiger partial charge is 0.368 e. The van der Waals surface area contributed by atoms with Crippen molar-refractivity contribution in [2.45, 2.75) is 59.2 Å². The Morgan fingerprint density at radius 2 is 1.95 bits per heavy atom. The Balaban J connectivity index is 2.88. The number of rotatable bonds is 6. The Bertz CT molecular complexity index is 413. The summed E-state index contributed by atoms with van der Waals surface area (Å²) in [6, 6.07) is 6.82. The van der Waals surface area contributed by atoms with Crippen LogP contribution in [0.25, 0.3) is 0 Å². The predicted octanol–water partition coefficient (Wildman–Crippen LogP) is 4.46. The Hall–Kier alpha value is -0.730. The summed E-state index contributed by atoms with van der Waals surface area (Å²) in [7, 11) is 2.11. The van der Waals surface area contributed by atoms with Gasteiger partial charge in [0.2, 0.25) is 0 Å². The minimum Gasteiger partial charge on any atom is -0.368 e. The van der Waals surface area contributed by atoms with Gasteiger partial charge in [0.1, 0.15) is 0 Å². The van der Waals surface area contributed by atoms with Gasteiger partial charge in [0.15, 0.2) is 0 Å². The molecular weight excluding hydrogens is 256 g/mol. The molecule has 3 heteroatoms. The van der Waals surface area contributed by atoms with E-state index in [0.717, 1.165) is 23.7 Å². The van der Waals surface area contributed by atoms with E-state index in [1.54, 1.807) is 0 Å². The highest BCUT2D eigenvalue weighted by atomic mass is 35.5. The summed E-state index contributed by atoms with van der Waals surface area (Å²) in [6.45, 7) is 11.8. The summed E-state index contributed by atoms with van der Waals surface area (Å²) in [5, 5.41) is 4.23. The van der Waals surface area contributed by atoms with Gasteiger partial charge in [0, 0.05) is 25.2 Å². The minimum atomic E-state index is 0.112. The van der Waals surface area contributed by atoms with Crippen molar-refractivity contribution in [1.29, 1.82) is 0 Å². The van der Waals surface area contributed by atoms with E-state index in [1.165, 1.54) is 5.56 Å². The molecule has 0 unspecified atom stereocenters. The normalized spacial score (nSPS) is 12.0. The third kappa shape index (κ3) is 4.39. The van der Waals surface area contributed by atoms with E-state index in [2.05, 4.69) is 70.1 Å². The van der Waals surface area contributed by atoms with Crippen LogP contribution in [0.5, 0.6) is 0 Å². The lowest BCUT2D eigenvalue weighted by atomic mass is 9.99. The van der Waals surface area contributed by atoms with Crippen LogP contribution >= 0.6 is 11.6 Å². The van der Waals surface area contributed by atoms with Gasteiger partial charge in [-0.15, -0.1) is 0 Å². The Kier molecular flexibility index (Phi) is 5.69. The zero-order chi connectivity index (χ0) is 14.6. The summed E-state index contributed by atoms with van der Waals surface area (Å²) in [4.78, 5) is 2.26. The Morgan fingerprint density at radius 3 is 2.42 bits per heavy atom. The molecule has 0 saturated heterocycles.